The number of halogens is 1. The number of carboxylic acids is 1. The minimum absolute atomic E-state index is 0. The number of carboxylic acid groups (broad SMARTS) is 1. The third kappa shape index (κ3) is 3.90. The first-order chi connectivity index (χ1) is 8.99. The van der Waals surface area contributed by atoms with Crippen LogP contribution in [0.15, 0.2) is 18.2 Å². The molecular weight excluding hydrogens is 270 g/mol. The van der Waals surface area contributed by atoms with E-state index in [2.05, 4.69) is 0 Å². The van der Waals surface area contributed by atoms with Crippen LogP contribution in [-0.2, 0) is 16.0 Å². The van der Waals surface area contributed by atoms with Crippen LogP contribution in [0.4, 0.5) is 4.39 Å². The fourth-order valence-electron chi connectivity index (χ4n) is 2.56. The second-order valence-electron chi connectivity index (χ2n) is 5.16. The Balaban J connectivity index is 0.00000200. The van der Waals surface area contributed by atoms with Crippen LogP contribution in [0.1, 0.15) is 43.2 Å². The summed E-state index contributed by atoms with van der Waals surface area (Å²) in [6.45, 7) is 1.40. The van der Waals surface area contributed by atoms with Gasteiger partial charge in [-0.1, -0.05) is 19.1 Å². The molecule has 2 unspecified atom stereocenters. The van der Waals surface area contributed by atoms with Gasteiger partial charge in [-0.2, -0.15) is 0 Å². The first kappa shape index (κ1) is 17.3. The molecule has 0 aromatic heterocycles. The van der Waals surface area contributed by atoms with Gasteiger partial charge in [-0.3, -0.25) is 4.79 Å². The van der Waals surface area contributed by atoms with Crippen molar-refractivity contribution in [2.45, 2.75) is 38.5 Å². The predicted octanol–water partition coefficient (Wildman–Crippen LogP) is -1.41. The van der Waals surface area contributed by atoms with Crippen LogP contribution in [0.25, 0.3) is 0 Å². The van der Waals surface area contributed by atoms with Gasteiger partial charge in [0.05, 0.1) is 0 Å². The number of rotatable bonds is 4. The van der Waals surface area contributed by atoms with Gasteiger partial charge in [0, 0.05) is 24.2 Å². The van der Waals surface area contributed by atoms with Gasteiger partial charge < -0.3 is 9.90 Å². The number of Topliss-reactive ketones (excluding diaryl/α,β-unsaturated/α-hetero) is 1. The Hall–Kier alpha value is -0.710. The van der Waals surface area contributed by atoms with Crippen LogP contribution < -0.4 is 34.7 Å². The van der Waals surface area contributed by atoms with Crippen LogP contribution in [0.2, 0.25) is 0 Å². The van der Waals surface area contributed by atoms with Crippen molar-refractivity contribution >= 4 is 11.8 Å². The number of hydrogen-bond donors (Lipinski definition) is 0. The van der Waals surface area contributed by atoms with E-state index in [9.17, 15) is 19.1 Å². The summed E-state index contributed by atoms with van der Waals surface area (Å²) in [7, 11) is 0. The number of carbonyl (C=O) groups excluding carboxylic acids is 2. The second kappa shape index (κ2) is 7.34. The van der Waals surface area contributed by atoms with Crippen molar-refractivity contribution in [3.8, 4) is 0 Å². The van der Waals surface area contributed by atoms with Crippen molar-refractivity contribution in [2.24, 2.45) is 5.92 Å². The predicted molar refractivity (Wildman–Crippen MR) is 65.9 cm³/mol. The van der Waals surface area contributed by atoms with Gasteiger partial charge in [-0.25, -0.2) is 4.39 Å². The smallest absolute Gasteiger partial charge is 0.550 e. The van der Waals surface area contributed by atoms with Gasteiger partial charge in [0.15, 0.2) is 0 Å². The summed E-state index contributed by atoms with van der Waals surface area (Å²) in [4.78, 5) is 22.3. The summed E-state index contributed by atoms with van der Waals surface area (Å²) >= 11 is 0. The summed E-state index contributed by atoms with van der Waals surface area (Å²) < 4.78 is 13.9. The summed E-state index contributed by atoms with van der Waals surface area (Å²) in [5.41, 5.74) is 0.869. The van der Waals surface area contributed by atoms with E-state index in [1.165, 1.54) is 19.1 Å². The second-order valence-corrected chi connectivity index (χ2v) is 5.16. The van der Waals surface area contributed by atoms with E-state index in [-0.39, 0.29) is 46.8 Å². The minimum Gasteiger partial charge on any atom is -0.550 e. The molecule has 1 saturated carbocycles. The monoisotopic (exact) mass is 286 g/mol. The van der Waals surface area contributed by atoms with E-state index < -0.39 is 17.7 Å². The maximum Gasteiger partial charge on any atom is 1.00 e. The quantitative estimate of drug-likeness (QED) is 0.639. The molecule has 0 bridgehead atoms. The van der Waals surface area contributed by atoms with Crippen molar-refractivity contribution < 1.29 is 48.6 Å². The molecular formula is C15H16FNaO3. The van der Waals surface area contributed by atoms with E-state index in [1.54, 1.807) is 6.07 Å². The molecule has 1 aliphatic rings. The van der Waals surface area contributed by atoms with Gasteiger partial charge in [-0.05, 0) is 36.5 Å². The van der Waals surface area contributed by atoms with Crippen molar-refractivity contribution in [3.05, 3.63) is 35.1 Å². The summed E-state index contributed by atoms with van der Waals surface area (Å²) in [5, 5.41) is 10.7. The van der Waals surface area contributed by atoms with Gasteiger partial charge in [0.2, 0.25) is 0 Å². The van der Waals surface area contributed by atoms with E-state index >= 15 is 0 Å². The Labute approximate surface area is 139 Å². The van der Waals surface area contributed by atoms with E-state index in [4.69, 9.17) is 0 Å². The molecule has 0 aliphatic heterocycles. The van der Waals surface area contributed by atoms with E-state index in [0.29, 0.717) is 12.8 Å². The molecule has 3 nitrogen and oxygen atoms in total. The van der Waals surface area contributed by atoms with E-state index in [1.807, 2.05) is 0 Å². The minimum atomic E-state index is -1.29. The Kier molecular flexibility index (Phi) is 6.37. The molecule has 0 heterocycles. The van der Waals surface area contributed by atoms with Crippen LogP contribution in [-0.4, -0.2) is 11.8 Å². The Morgan fingerprint density at radius 1 is 1.50 bits per heavy atom. The standard InChI is InChI=1S/C15H17FO3.Na/c1-9(15(18)19)12-6-5-10(8-13(12)16)7-11-3-2-4-14(11)17;/h5-6,8-9,11H,2-4,7H2,1H3,(H,18,19);/q;+1/p-1. The third-order valence-corrected chi connectivity index (χ3v) is 3.80. The summed E-state index contributed by atoms with van der Waals surface area (Å²) in [6, 6.07) is 4.51. The molecule has 0 N–H and O–H groups in total. The molecule has 0 radical (unpaired) electrons. The molecule has 1 aliphatic carbocycles. The number of benzene rings is 1. The normalized spacial score (nSPS) is 19.5. The molecule has 102 valence electrons. The van der Waals surface area contributed by atoms with Crippen molar-refractivity contribution in [1.29, 1.82) is 0 Å². The zero-order valence-electron chi connectivity index (χ0n) is 11.8. The van der Waals surface area contributed by atoms with Gasteiger partial charge in [0.25, 0.3) is 0 Å². The zero-order valence-corrected chi connectivity index (χ0v) is 13.8. The molecule has 5 heteroatoms. The summed E-state index contributed by atoms with van der Waals surface area (Å²) in [5.74, 6) is -2.57. The SMILES string of the molecule is CC(C(=O)[O-])c1ccc(CC2CCCC2=O)cc1F.[Na+]. The van der Waals surface area contributed by atoms with Gasteiger partial charge in [-0.15, -0.1) is 0 Å². The molecule has 0 saturated heterocycles. The van der Waals surface area contributed by atoms with Crippen molar-refractivity contribution in [1.82, 2.24) is 0 Å². The maximum atomic E-state index is 13.9. The molecule has 1 fully saturated rings. The molecule has 2 rings (SSSR count). The first-order valence-corrected chi connectivity index (χ1v) is 6.51. The van der Waals surface area contributed by atoms with Crippen molar-refractivity contribution in [2.75, 3.05) is 0 Å². The topological polar surface area (TPSA) is 57.2 Å². The number of ketones is 1. The molecule has 0 spiro atoms. The molecule has 0 amide bonds. The summed E-state index contributed by atoms with van der Waals surface area (Å²) in [6.07, 6.45) is 2.92. The van der Waals surface area contributed by atoms with Crippen LogP contribution in [0, 0.1) is 11.7 Å². The molecule has 1 aromatic rings. The number of aliphatic carboxylic acids is 1. The number of carbonyl (C=O) groups is 2. The first-order valence-electron chi connectivity index (χ1n) is 6.51. The van der Waals surface area contributed by atoms with Crippen molar-refractivity contribution in [3.63, 3.8) is 0 Å². The van der Waals surface area contributed by atoms with Crippen LogP contribution >= 0.6 is 0 Å². The average molecular weight is 286 g/mol. The Bertz CT molecular complexity index is 516. The Morgan fingerprint density at radius 3 is 2.70 bits per heavy atom. The molecule has 2 atom stereocenters. The molecule has 20 heavy (non-hydrogen) atoms. The zero-order chi connectivity index (χ0) is 14.0. The van der Waals surface area contributed by atoms with Gasteiger partial charge >= 0.3 is 29.6 Å². The largest absolute Gasteiger partial charge is 1.00 e. The number of hydrogen-bond acceptors (Lipinski definition) is 3. The van der Waals surface area contributed by atoms with Gasteiger partial charge in [0.1, 0.15) is 11.6 Å². The average Bonchev–Trinajstić information content (AvgIpc) is 2.74. The maximum absolute atomic E-state index is 13.9. The molecule has 1 aromatic carbocycles. The third-order valence-electron chi connectivity index (χ3n) is 3.80. The van der Waals surface area contributed by atoms with Crippen LogP contribution in [0.5, 0.6) is 0 Å². The van der Waals surface area contributed by atoms with E-state index in [0.717, 1.165) is 18.4 Å². The van der Waals surface area contributed by atoms with Crippen LogP contribution in [0.3, 0.4) is 0 Å². The fraction of sp³-hybridized carbons (Fsp3) is 0.467. The Morgan fingerprint density at radius 2 is 2.20 bits per heavy atom. The fourth-order valence-corrected chi connectivity index (χ4v) is 2.56.